The van der Waals surface area contributed by atoms with E-state index in [0.717, 1.165) is 37.4 Å². The first-order chi connectivity index (χ1) is 11.2. The standard InChI is InChI=1S/C20H22N2O/c1-21-13-11-16-17(12-14-21)22(2)18-9-6-10-19(20(16)18)23-15-7-4-3-5-8-15/h3-10H,11-14H2,1-2H3. The molecule has 3 aromatic rings. The number of fused-ring (bicyclic) bond motifs is 3. The highest BCUT2D eigenvalue weighted by Crippen LogP contribution is 2.37. The SMILES string of the molecule is CN1CCc2c(n(C)c3cccc(Oc4ccccc4)c23)CC1. The zero-order chi connectivity index (χ0) is 15.8. The number of nitrogens with zero attached hydrogens (tertiary/aromatic N) is 2. The Bertz CT molecular complexity index is 836. The van der Waals surface area contributed by atoms with Crippen LogP contribution in [0.25, 0.3) is 10.9 Å². The quantitative estimate of drug-likeness (QED) is 0.712. The summed E-state index contributed by atoms with van der Waals surface area (Å²) in [5.41, 5.74) is 4.18. The van der Waals surface area contributed by atoms with Crippen LogP contribution < -0.4 is 4.74 Å². The number of hydrogen-bond acceptors (Lipinski definition) is 2. The van der Waals surface area contributed by atoms with Crippen molar-refractivity contribution in [2.75, 3.05) is 20.1 Å². The smallest absolute Gasteiger partial charge is 0.137 e. The molecule has 0 radical (unpaired) electrons. The van der Waals surface area contributed by atoms with Crippen molar-refractivity contribution in [3.05, 3.63) is 59.8 Å². The van der Waals surface area contributed by atoms with Crippen molar-refractivity contribution in [2.24, 2.45) is 7.05 Å². The molecule has 0 aliphatic carbocycles. The van der Waals surface area contributed by atoms with E-state index in [1.54, 1.807) is 0 Å². The maximum atomic E-state index is 6.21. The third-order valence-corrected chi connectivity index (χ3v) is 4.87. The minimum Gasteiger partial charge on any atom is -0.457 e. The number of benzene rings is 2. The highest BCUT2D eigenvalue weighted by atomic mass is 16.5. The number of hydrogen-bond donors (Lipinski definition) is 0. The van der Waals surface area contributed by atoms with Gasteiger partial charge >= 0.3 is 0 Å². The maximum absolute atomic E-state index is 6.21. The fraction of sp³-hybridized carbons (Fsp3) is 0.300. The van der Waals surface area contributed by atoms with Gasteiger partial charge in [-0.15, -0.1) is 0 Å². The fourth-order valence-corrected chi connectivity index (χ4v) is 3.59. The van der Waals surface area contributed by atoms with Gasteiger partial charge in [0.15, 0.2) is 0 Å². The monoisotopic (exact) mass is 306 g/mol. The summed E-state index contributed by atoms with van der Waals surface area (Å²) in [4.78, 5) is 2.41. The van der Waals surface area contributed by atoms with E-state index in [1.807, 2.05) is 30.3 Å². The zero-order valence-electron chi connectivity index (χ0n) is 13.7. The predicted octanol–water partition coefficient (Wildman–Crippen LogP) is 4.00. The number of aromatic nitrogens is 1. The summed E-state index contributed by atoms with van der Waals surface area (Å²) < 4.78 is 8.56. The predicted molar refractivity (Wildman–Crippen MR) is 94.3 cm³/mol. The van der Waals surface area contributed by atoms with Crippen LogP contribution in [-0.2, 0) is 19.9 Å². The average molecular weight is 306 g/mol. The van der Waals surface area contributed by atoms with E-state index in [2.05, 4.69) is 41.8 Å². The van der Waals surface area contributed by atoms with Crippen molar-refractivity contribution in [1.29, 1.82) is 0 Å². The van der Waals surface area contributed by atoms with Gasteiger partial charge in [-0.25, -0.2) is 0 Å². The van der Waals surface area contributed by atoms with E-state index in [-0.39, 0.29) is 0 Å². The lowest BCUT2D eigenvalue weighted by Gasteiger charge is -2.13. The lowest BCUT2D eigenvalue weighted by molar-refractivity contribution is 0.351. The number of para-hydroxylation sites is 1. The molecule has 0 saturated carbocycles. The summed E-state index contributed by atoms with van der Waals surface area (Å²) in [6.07, 6.45) is 2.18. The first-order valence-corrected chi connectivity index (χ1v) is 8.24. The lowest BCUT2D eigenvalue weighted by Crippen LogP contribution is -2.21. The van der Waals surface area contributed by atoms with Gasteiger partial charge in [0.2, 0.25) is 0 Å². The molecule has 23 heavy (non-hydrogen) atoms. The highest BCUT2D eigenvalue weighted by molar-refractivity contribution is 5.91. The van der Waals surface area contributed by atoms with Crippen LogP contribution in [0, 0.1) is 0 Å². The minimum absolute atomic E-state index is 0.892. The van der Waals surface area contributed by atoms with E-state index in [9.17, 15) is 0 Å². The number of rotatable bonds is 2. The van der Waals surface area contributed by atoms with Crippen molar-refractivity contribution in [3.63, 3.8) is 0 Å². The summed E-state index contributed by atoms with van der Waals surface area (Å²) >= 11 is 0. The van der Waals surface area contributed by atoms with Crippen LogP contribution in [-0.4, -0.2) is 29.6 Å². The zero-order valence-corrected chi connectivity index (χ0v) is 13.7. The van der Waals surface area contributed by atoms with Crippen LogP contribution >= 0.6 is 0 Å². The molecule has 1 aliphatic rings. The van der Waals surface area contributed by atoms with E-state index in [4.69, 9.17) is 4.74 Å². The van der Waals surface area contributed by atoms with Gasteiger partial charge in [0, 0.05) is 37.6 Å². The van der Waals surface area contributed by atoms with E-state index < -0.39 is 0 Å². The van der Waals surface area contributed by atoms with Crippen molar-refractivity contribution < 1.29 is 4.74 Å². The van der Waals surface area contributed by atoms with Crippen LogP contribution in [0.1, 0.15) is 11.3 Å². The van der Waals surface area contributed by atoms with Gasteiger partial charge in [-0.3, -0.25) is 0 Å². The van der Waals surface area contributed by atoms with E-state index in [1.165, 1.54) is 22.2 Å². The Morgan fingerprint density at radius 2 is 1.65 bits per heavy atom. The molecule has 1 aliphatic heterocycles. The summed E-state index contributed by atoms with van der Waals surface area (Å²) in [6, 6.07) is 16.4. The Hall–Kier alpha value is -2.26. The van der Waals surface area contributed by atoms with Crippen LogP contribution in [0.5, 0.6) is 11.5 Å². The fourth-order valence-electron chi connectivity index (χ4n) is 3.59. The van der Waals surface area contributed by atoms with Crippen LogP contribution in [0.3, 0.4) is 0 Å². The Kier molecular flexibility index (Phi) is 3.58. The summed E-state index contributed by atoms with van der Waals surface area (Å²) in [7, 11) is 4.38. The molecular weight excluding hydrogens is 284 g/mol. The Morgan fingerprint density at radius 1 is 0.870 bits per heavy atom. The summed E-state index contributed by atoms with van der Waals surface area (Å²) in [5, 5.41) is 1.28. The third-order valence-electron chi connectivity index (χ3n) is 4.87. The molecular formula is C20H22N2O. The Morgan fingerprint density at radius 3 is 2.48 bits per heavy atom. The van der Waals surface area contributed by atoms with Crippen molar-refractivity contribution >= 4 is 10.9 Å². The van der Waals surface area contributed by atoms with Gasteiger partial charge in [-0.05, 0) is 43.3 Å². The van der Waals surface area contributed by atoms with Crippen molar-refractivity contribution in [2.45, 2.75) is 12.8 Å². The second-order valence-electron chi connectivity index (χ2n) is 6.35. The van der Waals surface area contributed by atoms with Gasteiger partial charge in [0.25, 0.3) is 0 Å². The number of ether oxygens (including phenoxy) is 1. The van der Waals surface area contributed by atoms with Gasteiger partial charge in [-0.2, -0.15) is 0 Å². The van der Waals surface area contributed by atoms with Gasteiger partial charge in [0.1, 0.15) is 11.5 Å². The number of likely N-dealkylation sites (N-methyl/N-ethyl adjacent to an activating group) is 1. The molecule has 0 fully saturated rings. The van der Waals surface area contributed by atoms with Crippen LogP contribution in [0.2, 0.25) is 0 Å². The first kappa shape index (κ1) is 14.3. The summed E-state index contributed by atoms with van der Waals surface area (Å²) in [5.74, 6) is 1.86. The molecule has 0 spiro atoms. The van der Waals surface area contributed by atoms with Gasteiger partial charge in [-0.1, -0.05) is 24.3 Å². The molecule has 118 valence electrons. The maximum Gasteiger partial charge on any atom is 0.137 e. The Balaban J connectivity index is 1.86. The normalized spacial score (nSPS) is 15.4. The van der Waals surface area contributed by atoms with Crippen LogP contribution in [0.15, 0.2) is 48.5 Å². The Labute approximate surface area is 137 Å². The second-order valence-corrected chi connectivity index (χ2v) is 6.35. The molecule has 0 unspecified atom stereocenters. The molecule has 2 heterocycles. The molecule has 2 aromatic carbocycles. The minimum atomic E-state index is 0.892. The molecule has 4 rings (SSSR count). The second kappa shape index (κ2) is 5.74. The van der Waals surface area contributed by atoms with Gasteiger partial charge in [0.05, 0.1) is 5.52 Å². The van der Waals surface area contributed by atoms with Gasteiger partial charge < -0.3 is 14.2 Å². The third kappa shape index (κ3) is 2.51. The molecule has 0 N–H and O–H groups in total. The first-order valence-electron chi connectivity index (χ1n) is 8.24. The molecule has 1 aromatic heterocycles. The molecule has 3 nitrogen and oxygen atoms in total. The van der Waals surface area contributed by atoms with E-state index in [0.29, 0.717) is 0 Å². The molecule has 3 heteroatoms. The lowest BCUT2D eigenvalue weighted by atomic mass is 10.1. The van der Waals surface area contributed by atoms with E-state index >= 15 is 0 Å². The molecule has 0 bridgehead atoms. The largest absolute Gasteiger partial charge is 0.457 e. The molecule has 0 atom stereocenters. The molecule has 0 amide bonds. The average Bonchev–Trinajstić information content (AvgIpc) is 2.71. The van der Waals surface area contributed by atoms with Crippen molar-refractivity contribution in [3.8, 4) is 11.5 Å². The van der Waals surface area contributed by atoms with Crippen molar-refractivity contribution in [1.82, 2.24) is 9.47 Å². The topological polar surface area (TPSA) is 17.4 Å². The highest BCUT2D eigenvalue weighted by Gasteiger charge is 2.21. The van der Waals surface area contributed by atoms with Crippen LogP contribution in [0.4, 0.5) is 0 Å². The molecule has 0 saturated heterocycles. The summed E-state index contributed by atoms with van der Waals surface area (Å²) in [6.45, 7) is 2.22. The number of aryl methyl sites for hydroxylation is 1.